The van der Waals surface area contributed by atoms with E-state index in [4.69, 9.17) is 4.74 Å². The Labute approximate surface area is 178 Å². The van der Waals surface area contributed by atoms with Gasteiger partial charge in [0.05, 0.1) is 12.6 Å². The van der Waals surface area contributed by atoms with E-state index in [-0.39, 0.29) is 11.9 Å². The van der Waals surface area contributed by atoms with E-state index < -0.39 is 0 Å². The Morgan fingerprint density at radius 3 is 2.77 bits per heavy atom. The number of pyridine rings is 1. The van der Waals surface area contributed by atoms with Crippen molar-refractivity contribution in [2.45, 2.75) is 38.6 Å². The molecule has 0 bridgehead atoms. The number of rotatable bonds is 11. The first-order chi connectivity index (χ1) is 14.7. The monoisotopic (exact) mass is 413 g/mol. The third-order valence-corrected chi connectivity index (χ3v) is 5.07. The van der Waals surface area contributed by atoms with Gasteiger partial charge in [0.15, 0.2) is 17.5 Å². The summed E-state index contributed by atoms with van der Waals surface area (Å²) in [5.74, 6) is 2.22. The van der Waals surface area contributed by atoms with Gasteiger partial charge in [0.25, 0.3) is 0 Å². The van der Waals surface area contributed by atoms with Crippen LogP contribution in [0.3, 0.4) is 0 Å². The molecule has 1 aromatic carbocycles. The van der Waals surface area contributed by atoms with Crippen LogP contribution in [0.15, 0.2) is 47.6 Å². The second-order valence-electron chi connectivity index (χ2n) is 7.66. The SMILES string of the molecule is CN=C(NCCCCNc1ccccn1)NC(C)c1ccc(OCC2CC2)c(F)c1. The minimum atomic E-state index is -0.315. The highest BCUT2D eigenvalue weighted by atomic mass is 19.1. The van der Waals surface area contributed by atoms with Crippen LogP contribution in [0.5, 0.6) is 5.75 Å². The molecule has 2 aromatic rings. The third kappa shape index (κ3) is 7.21. The first kappa shape index (κ1) is 21.9. The van der Waals surface area contributed by atoms with E-state index in [2.05, 4.69) is 25.9 Å². The first-order valence-electron chi connectivity index (χ1n) is 10.7. The van der Waals surface area contributed by atoms with Gasteiger partial charge < -0.3 is 20.7 Å². The van der Waals surface area contributed by atoms with Crippen LogP contribution in [0.4, 0.5) is 10.2 Å². The molecule has 0 aliphatic heterocycles. The van der Waals surface area contributed by atoms with Crippen LogP contribution in [0.1, 0.15) is 44.2 Å². The second kappa shape index (κ2) is 11.4. The molecule has 162 valence electrons. The van der Waals surface area contributed by atoms with Crippen molar-refractivity contribution in [2.24, 2.45) is 10.9 Å². The molecule has 3 rings (SSSR count). The molecule has 7 heteroatoms. The standard InChI is InChI=1S/C23H32FN5O/c1-17(19-10-11-21(20(24)15-19)30-16-18-8-9-18)29-23(25-2)28-14-6-5-13-27-22-7-3-4-12-26-22/h3-4,7,10-12,15,17-18H,5-6,8-9,13-14,16H2,1-2H3,(H,26,27)(H2,25,28,29). The molecule has 1 fully saturated rings. The summed E-state index contributed by atoms with van der Waals surface area (Å²) in [4.78, 5) is 8.51. The highest BCUT2D eigenvalue weighted by Gasteiger charge is 2.22. The molecule has 1 saturated carbocycles. The predicted octanol–water partition coefficient (Wildman–Crippen LogP) is 4.13. The summed E-state index contributed by atoms with van der Waals surface area (Å²) < 4.78 is 19.9. The number of anilines is 1. The number of benzene rings is 1. The molecule has 0 amide bonds. The van der Waals surface area contributed by atoms with E-state index in [1.54, 1.807) is 19.3 Å². The lowest BCUT2D eigenvalue weighted by Crippen LogP contribution is -2.39. The van der Waals surface area contributed by atoms with Gasteiger partial charge in [-0.15, -0.1) is 0 Å². The fraction of sp³-hybridized carbons (Fsp3) is 0.478. The maximum absolute atomic E-state index is 14.3. The number of nitrogens with one attached hydrogen (secondary N) is 3. The molecule has 0 radical (unpaired) electrons. The molecule has 1 atom stereocenters. The number of guanidine groups is 1. The molecular weight excluding hydrogens is 381 g/mol. The van der Waals surface area contributed by atoms with Crippen LogP contribution >= 0.6 is 0 Å². The fourth-order valence-corrected chi connectivity index (χ4v) is 3.02. The maximum atomic E-state index is 14.3. The second-order valence-corrected chi connectivity index (χ2v) is 7.66. The summed E-state index contributed by atoms with van der Waals surface area (Å²) in [6.45, 7) is 4.27. The normalized spacial score (nSPS) is 14.8. The minimum absolute atomic E-state index is 0.0750. The van der Waals surface area contributed by atoms with Crippen LogP contribution in [-0.4, -0.2) is 37.7 Å². The van der Waals surface area contributed by atoms with Gasteiger partial charge in [-0.25, -0.2) is 9.37 Å². The topological polar surface area (TPSA) is 70.6 Å². The van der Waals surface area contributed by atoms with Gasteiger partial charge in [-0.3, -0.25) is 4.99 Å². The summed E-state index contributed by atoms with van der Waals surface area (Å²) in [6.07, 6.45) is 6.17. The van der Waals surface area contributed by atoms with Crippen molar-refractivity contribution in [3.63, 3.8) is 0 Å². The Balaban J connectivity index is 1.36. The van der Waals surface area contributed by atoms with Crippen LogP contribution in [0.2, 0.25) is 0 Å². The minimum Gasteiger partial charge on any atom is -0.490 e. The summed E-state index contributed by atoms with van der Waals surface area (Å²) in [5.41, 5.74) is 0.855. The average molecular weight is 414 g/mol. The Bertz CT molecular complexity index is 810. The molecule has 3 N–H and O–H groups in total. The van der Waals surface area contributed by atoms with Crippen molar-refractivity contribution in [3.05, 3.63) is 54.0 Å². The molecule has 1 aliphatic carbocycles. The molecule has 0 spiro atoms. The van der Waals surface area contributed by atoms with Crippen molar-refractivity contribution in [2.75, 3.05) is 32.1 Å². The Morgan fingerprint density at radius 2 is 2.07 bits per heavy atom. The number of ether oxygens (including phenoxy) is 1. The quantitative estimate of drug-likeness (QED) is 0.294. The average Bonchev–Trinajstić information content (AvgIpc) is 3.59. The number of halogens is 1. The van der Waals surface area contributed by atoms with Gasteiger partial charge >= 0.3 is 0 Å². The van der Waals surface area contributed by atoms with Crippen molar-refractivity contribution >= 4 is 11.8 Å². The highest BCUT2D eigenvalue weighted by molar-refractivity contribution is 5.80. The molecule has 6 nitrogen and oxygen atoms in total. The van der Waals surface area contributed by atoms with E-state index in [1.807, 2.05) is 31.2 Å². The summed E-state index contributed by atoms with van der Waals surface area (Å²) >= 11 is 0. The van der Waals surface area contributed by atoms with Crippen LogP contribution in [0.25, 0.3) is 0 Å². The number of nitrogens with zero attached hydrogens (tertiary/aromatic N) is 2. The summed E-state index contributed by atoms with van der Waals surface area (Å²) in [5, 5.41) is 9.92. The van der Waals surface area contributed by atoms with Gasteiger partial charge in [-0.2, -0.15) is 0 Å². The number of hydrogen-bond donors (Lipinski definition) is 3. The maximum Gasteiger partial charge on any atom is 0.191 e. The molecule has 1 aromatic heterocycles. The van der Waals surface area contributed by atoms with Crippen molar-refractivity contribution in [3.8, 4) is 5.75 Å². The largest absolute Gasteiger partial charge is 0.490 e. The predicted molar refractivity (Wildman–Crippen MR) is 119 cm³/mol. The number of aromatic nitrogens is 1. The lowest BCUT2D eigenvalue weighted by Gasteiger charge is -2.19. The molecule has 1 unspecified atom stereocenters. The lowest BCUT2D eigenvalue weighted by atomic mass is 10.1. The van der Waals surface area contributed by atoms with Crippen molar-refractivity contribution in [1.82, 2.24) is 15.6 Å². The highest BCUT2D eigenvalue weighted by Crippen LogP contribution is 2.30. The Morgan fingerprint density at radius 1 is 1.23 bits per heavy atom. The zero-order valence-electron chi connectivity index (χ0n) is 17.8. The molecule has 1 heterocycles. The van der Waals surface area contributed by atoms with E-state index in [0.29, 0.717) is 24.2 Å². The van der Waals surface area contributed by atoms with Gasteiger partial charge in [0.1, 0.15) is 5.82 Å². The number of hydrogen-bond acceptors (Lipinski definition) is 4. The first-order valence-corrected chi connectivity index (χ1v) is 10.7. The molecule has 30 heavy (non-hydrogen) atoms. The fourth-order valence-electron chi connectivity index (χ4n) is 3.02. The van der Waals surface area contributed by atoms with Gasteiger partial charge in [0.2, 0.25) is 0 Å². The van der Waals surface area contributed by atoms with Crippen LogP contribution in [-0.2, 0) is 0 Å². The van der Waals surface area contributed by atoms with Gasteiger partial charge in [-0.05, 0) is 68.4 Å². The van der Waals surface area contributed by atoms with E-state index in [0.717, 1.165) is 37.3 Å². The van der Waals surface area contributed by atoms with Gasteiger partial charge in [-0.1, -0.05) is 12.1 Å². The lowest BCUT2D eigenvalue weighted by molar-refractivity contribution is 0.285. The van der Waals surface area contributed by atoms with Crippen molar-refractivity contribution < 1.29 is 9.13 Å². The molecule has 1 aliphatic rings. The van der Waals surface area contributed by atoms with Crippen LogP contribution in [0, 0.1) is 11.7 Å². The molecular formula is C23H32FN5O. The zero-order valence-corrected chi connectivity index (χ0v) is 17.8. The number of unbranched alkanes of at least 4 members (excludes halogenated alkanes) is 1. The zero-order chi connectivity index (χ0) is 21.2. The van der Waals surface area contributed by atoms with Gasteiger partial charge in [0, 0.05) is 26.3 Å². The van der Waals surface area contributed by atoms with Crippen LogP contribution < -0.4 is 20.7 Å². The van der Waals surface area contributed by atoms with E-state index in [1.165, 1.54) is 18.9 Å². The summed E-state index contributed by atoms with van der Waals surface area (Å²) in [6, 6.07) is 10.9. The third-order valence-electron chi connectivity index (χ3n) is 5.07. The van der Waals surface area contributed by atoms with E-state index >= 15 is 0 Å². The van der Waals surface area contributed by atoms with Crippen molar-refractivity contribution in [1.29, 1.82) is 0 Å². The van der Waals surface area contributed by atoms with E-state index in [9.17, 15) is 4.39 Å². The summed E-state index contributed by atoms with van der Waals surface area (Å²) in [7, 11) is 1.74. The molecule has 0 saturated heterocycles. The Kier molecular flexibility index (Phi) is 8.30. The number of aliphatic imine (C=N–C) groups is 1. The Hall–Kier alpha value is -2.83. The smallest absolute Gasteiger partial charge is 0.191 e.